The van der Waals surface area contributed by atoms with Crippen molar-refractivity contribution in [1.82, 2.24) is 5.53 Å². The van der Waals surface area contributed by atoms with E-state index < -0.39 is 0 Å². The minimum Gasteiger partial charge on any atom is -0.206 e. The molecule has 3 rings (SSSR count). The Hall–Kier alpha value is -2.20. The molecule has 93 valence electrons. The molecule has 2 aromatic carbocycles. The van der Waals surface area contributed by atoms with Crippen LogP contribution in [0.3, 0.4) is 0 Å². The van der Waals surface area contributed by atoms with E-state index in [9.17, 15) is 4.39 Å². The van der Waals surface area contributed by atoms with Gasteiger partial charge in [-0.05, 0) is 40.9 Å². The van der Waals surface area contributed by atoms with Gasteiger partial charge in [0.15, 0.2) is 0 Å². The van der Waals surface area contributed by atoms with Crippen molar-refractivity contribution in [2.24, 2.45) is 10.2 Å². The van der Waals surface area contributed by atoms with E-state index in [1.165, 1.54) is 12.3 Å². The van der Waals surface area contributed by atoms with Crippen molar-refractivity contribution in [1.29, 1.82) is 0 Å². The van der Waals surface area contributed by atoms with Gasteiger partial charge in [0.05, 0.1) is 6.21 Å². The standard InChI is InChI=1S/C14H8ClFN3/c15-11-4-1-9(2-5-11)10-3-6-12(13(16)7-10)14-8-17-19-18-14/h1-8H. The fourth-order valence-corrected chi connectivity index (χ4v) is 1.97. The zero-order chi connectivity index (χ0) is 13.2. The lowest BCUT2D eigenvalue weighted by Crippen LogP contribution is -2.03. The smallest absolute Gasteiger partial charge is 0.133 e. The van der Waals surface area contributed by atoms with E-state index in [0.29, 0.717) is 16.3 Å². The summed E-state index contributed by atoms with van der Waals surface area (Å²) in [6.45, 7) is 0. The second-order valence-electron chi connectivity index (χ2n) is 4.02. The van der Waals surface area contributed by atoms with Crippen molar-refractivity contribution in [2.75, 3.05) is 0 Å². The summed E-state index contributed by atoms with van der Waals surface area (Å²) in [5.74, 6) is -0.352. The Bertz CT molecular complexity index is 678. The number of benzene rings is 2. The normalized spacial score (nSPS) is 13.3. The van der Waals surface area contributed by atoms with Crippen LogP contribution in [0.25, 0.3) is 11.1 Å². The predicted octanol–water partition coefficient (Wildman–Crippen LogP) is 3.45. The molecule has 1 aliphatic rings. The van der Waals surface area contributed by atoms with Gasteiger partial charge in [-0.1, -0.05) is 29.8 Å². The third kappa shape index (κ3) is 2.35. The van der Waals surface area contributed by atoms with Crippen LogP contribution in [0, 0.1) is 5.82 Å². The molecule has 0 aliphatic carbocycles. The minimum absolute atomic E-state index is 0.352. The molecule has 5 heteroatoms. The average molecular weight is 273 g/mol. The fourth-order valence-electron chi connectivity index (χ4n) is 1.85. The van der Waals surface area contributed by atoms with Crippen LogP contribution in [0.4, 0.5) is 4.39 Å². The van der Waals surface area contributed by atoms with Crippen LogP contribution >= 0.6 is 11.6 Å². The van der Waals surface area contributed by atoms with Crippen molar-refractivity contribution < 1.29 is 4.39 Å². The summed E-state index contributed by atoms with van der Waals surface area (Å²) < 4.78 is 14.1. The van der Waals surface area contributed by atoms with Crippen LogP contribution in [0.1, 0.15) is 5.56 Å². The molecule has 1 aliphatic heterocycles. The molecular formula is C14H8ClFN3. The third-order valence-corrected chi connectivity index (χ3v) is 3.06. The van der Waals surface area contributed by atoms with Crippen molar-refractivity contribution in [2.45, 2.75) is 0 Å². The number of nitrogens with zero attached hydrogens (tertiary/aromatic N) is 3. The molecule has 0 aromatic heterocycles. The van der Waals surface area contributed by atoms with E-state index in [1.807, 2.05) is 18.2 Å². The van der Waals surface area contributed by atoms with Gasteiger partial charge < -0.3 is 0 Å². The van der Waals surface area contributed by atoms with Gasteiger partial charge in [0, 0.05) is 10.6 Å². The van der Waals surface area contributed by atoms with Gasteiger partial charge >= 0.3 is 0 Å². The zero-order valence-electron chi connectivity index (χ0n) is 9.72. The number of hydrogen-bond acceptors (Lipinski definition) is 2. The highest BCUT2D eigenvalue weighted by molar-refractivity contribution is 6.38. The van der Waals surface area contributed by atoms with Crippen LogP contribution in [0.2, 0.25) is 5.02 Å². The van der Waals surface area contributed by atoms with Crippen molar-refractivity contribution in [3.63, 3.8) is 0 Å². The van der Waals surface area contributed by atoms with Gasteiger partial charge in [-0.3, -0.25) is 0 Å². The topological polar surface area (TPSA) is 38.8 Å². The lowest BCUT2D eigenvalue weighted by Gasteiger charge is -2.05. The molecule has 0 amide bonds. The summed E-state index contributed by atoms with van der Waals surface area (Å²) >= 11 is 5.83. The lowest BCUT2D eigenvalue weighted by atomic mass is 10.0. The predicted molar refractivity (Wildman–Crippen MR) is 74.0 cm³/mol. The molecule has 0 saturated carbocycles. The highest BCUT2D eigenvalue weighted by atomic mass is 35.5. The van der Waals surface area contributed by atoms with Crippen LogP contribution in [0.5, 0.6) is 0 Å². The lowest BCUT2D eigenvalue weighted by molar-refractivity contribution is 0.626. The average Bonchev–Trinajstić information content (AvgIpc) is 2.93. The molecule has 1 heterocycles. The Balaban J connectivity index is 1.99. The first-order valence-corrected chi connectivity index (χ1v) is 5.99. The number of hydrogen-bond donors (Lipinski definition) is 0. The van der Waals surface area contributed by atoms with Crippen LogP contribution in [-0.2, 0) is 0 Å². The molecule has 0 spiro atoms. The van der Waals surface area contributed by atoms with Crippen LogP contribution in [0.15, 0.2) is 52.7 Å². The summed E-state index contributed by atoms with van der Waals surface area (Å²) in [7, 11) is 0. The molecule has 0 fully saturated rings. The molecule has 0 N–H and O–H groups in total. The first-order chi connectivity index (χ1) is 9.24. The van der Waals surface area contributed by atoms with Gasteiger partial charge in [0.1, 0.15) is 11.5 Å². The van der Waals surface area contributed by atoms with Crippen LogP contribution < -0.4 is 5.53 Å². The highest BCUT2D eigenvalue weighted by Gasteiger charge is 2.12. The first kappa shape index (κ1) is 11.9. The van der Waals surface area contributed by atoms with E-state index in [2.05, 4.69) is 15.7 Å². The zero-order valence-corrected chi connectivity index (χ0v) is 10.5. The monoisotopic (exact) mass is 272 g/mol. The Labute approximate surface area is 114 Å². The van der Waals surface area contributed by atoms with Gasteiger partial charge in [-0.25, -0.2) is 4.39 Å². The maximum Gasteiger partial charge on any atom is 0.133 e. The number of halogens is 2. The van der Waals surface area contributed by atoms with Crippen molar-refractivity contribution >= 4 is 23.5 Å². The summed E-state index contributed by atoms with van der Waals surface area (Å²) in [5, 5.41) is 7.98. The Morgan fingerprint density at radius 1 is 0.947 bits per heavy atom. The Morgan fingerprint density at radius 2 is 1.68 bits per heavy atom. The van der Waals surface area contributed by atoms with E-state index in [4.69, 9.17) is 11.6 Å². The largest absolute Gasteiger partial charge is 0.206 e. The second kappa shape index (κ2) is 4.82. The SMILES string of the molecule is Fc1cc(-c2ccc(Cl)cc2)ccc1C1=N[N]N=C1. The molecule has 19 heavy (non-hydrogen) atoms. The summed E-state index contributed by atoms with van der Waals surface area (Å²) in [5.41, 5.74) is 5.96. The molecule has 2 aromatic rings. The van der Waals surface area contributed by atoms with Gasteiger partial charge in [-0.2, -0.15) is 0 Å². The maximum absolute atomic E-state index is 14.1. The fraction of sp³-hybridized carbons (Fsp3) is 0. The third-order valence-electron chi connectivity index (χ3n) is 2.81. The molecule has 0 atom stereocenters. The van der Waals surface area contributed by atoms with Crippen LogP contribution in [-0.4, -0.2) is 11.9 Å². The highest BCUT2D eigenvalue weighted by Crippen LogP contribution is 2.24. The van der Waals surface area contributed by atoms with E-state index in [1.54, 1.807) is 18.2 Å². The van der Waals surface area contributed by atoms with Gasteiger partial charge in [0.25, 0.3) is 0 Å². The molecule has 0 unspecified atom stereocenters. The molecule has 0 bridgehead atoms. The van der Waals surface area contributed by atoms with E-state index in [0.717, 1.165) is 11.1 Å². The molecule has 1 radical (unpaired) electrons. The van der Waals surface area contributed by atoms with E-state index >= 15 is 0 Å². The second-order valence-corrected chi connectivity index (χ2v) is 4.46. The summed E-state index contributed by atoms with van der Waals surface area (Å²) in [4.78, 5) is 0. The Morgan fingerprint density at radius 3 is 2.32 bits per heavy atom. The van der Waals surface area contributed by atoms with Gasteiger partial charge in [-0.15, -0.1) is 10.2 Å². The maximum atomic E-state index is 14.1. The number of rotatable bonds is 2. The minimum atomic E-state index is -0.352. The summed E-state index contributed by atoms with van der Waals surface area (Å²) in [6, 6.07) is 12.2. The van der Waals surface area contributed by atoms with E-state index in [-0.39, 0.29) is 5.82 Å². The molecule has 0 saturated heterocycles. The van der Waals surface area contributed by atoms with Crippen molar-refractivity contribution in [3.05, 3.63) is 58.9 Å². The molecular weight excluding hydrogens is 265 g/mol. The van der Waals surface area contributed by atoms with Crippen molar-refractivity contribution in [3.8, 4) is 11.1 Å². The summed E-state index contributed by atoms with van der Waals surface area (Å²) in [6.07, 6.45) is 1.43. The molecule has 3 nitrogen and oxygen atoms in total. The quantitative estimate of drug-likeness (QED) is 0.803. The Kier molecular flexibility index (Phi) is 3.01. The first-order valence-electron chi connectivity index (χ1n) is 5.61. The van der Waals surface area contributed by atoms with Gasteiger partial charge in [0.2, 0.25) is 0 Å².